The van der Waals surface area contributed by atoms with Crippen molar-refractivity contribution in [1.29, 1.82) is 0 Å². The smallest absolute Gasteiger partial charge is 0.335 e. The van der Waals surface area contributed by atoms with Crippen molar-refractivity contribution in [3.8, 4) is 0 Å². The van der Waals surface area contributed by atoms with Gasteiger partial charge in [-0.15, -0.1) is 0 Å². The molecule has 130 valence electrons. The van der Waals surface area contributed by atoms with Crippen LogP contribution < -0.4 is 4.90 Å². The van der Waals surface area contributed by atoms with Gasteiger partial charge >= 0.3 is 5.97 Å². The van der Waals surface area contributed by atoms with Crippen LogP contribution in [0.25, 0.3) is 0 Å². The number of carboxylic acid groups (broad SMARTS) is 1. The highest BCUT2D eigenvalue weighted by atomic mass is 16.4. The van der Waals surface area contributed by atoms with E-state index in [1.165, 1.54) is 29.7 Å². The van der Waals surface area contributed by atoms with Crippen molar-refractivity contribution in [2.24, 2.45) is 0 Å². The molecule has 4 nitrogen and oxygen atoms in total. The fraction of sp³-hybridized carbons (Fsp3) is 0.381. The van der Waals surface area contributed by atoms with Crippen LogP contribution in [0, 0.1) is 0 Å². The number of rotatable bonds is 3. The maximum atomic E-state index is 11.0. The number of nitrogens with zero attached hydrogens (tertiary/aromatic N) is 2. The number of benzene rings is 2. The van der Waals surface area contributed by atoms with E-state index in [4.69, 9.17) is 5.11 Å². The minimum atomic E-state index is -0.865. The molecular weight excluding hydrogens is 312 g/mol. The Morgan fingerprint density at radius 1 is 1.08 bits per heavy atom. The summed E-state index contributed by atoms with van der Waals surface area (Å²) in [5, 5.41) is 9.00. The van der Waals surface area contributed by atoms with Crippen LogP contribution in [-0.4, -0.2) is 42.7 Å². The number of anilines is 1. The third-order valence-electron chi connectivity index (χ3n) is 5.85. The molecule has 0 unspecified atom stereocenters. The number of carbonyl (C=O) groups is 1. The van der Waals surface area contributed by atoms with Gasteiger partial charge in [0.15, 0.2) is 0 Å². The highest BCUT2D eigenvalue weighted by Gasteiger charge is 2.43. The first-order valence-corrected chi connectivity index (χ1v) is 8.93. The number of hydrogen-bond donors (Lipinski definition) is 1. The Morgan fingerprint density at radius 2 is 1.76 bits per heavy atom. The molecule has 1 spiro atoms. The molecule has 25 heavy (non-hydrogen) atoms. The third kappa shape index (κ3) is 2.91. The van der Waals surface area contributed by atoms with Crippen molar-refractivity contribution < 1.29 is 9.90 Å². The fourth-order valence-electron chi connectivity index (χ4n) is 4.46. The van der Waals surface area contributed by atoms with Crippen LogP contribution in [0.1, 0.15) is 34.3 Å². The maximum absolute atomic E-state index is 11.0. The van der Waals surface area contributed by atoms with E-state index in [-0.39, 0.29) is 0 Å². The van der Waals surface area contributed by atoms with E-state index in [9.17, 15) is 4.79 Å². The Kier molecular flexibility index (Phi) is 4.00. The van der Waals surface area contributed by atoms with Gasteiger partial charge in [-0.25, -0.2) is 4.79 Å². The predicted molar refractivity (Wildman–Crippen MR) is 99.3 cm³/mol. The molecule has 0 atom stereocenters. The van der Waals surface area contributed by atoms with Gasteiger partial charge in [0, 0.05) is 31.2 Å². The van der Waals surface area contributed by atoms with Crippen molar-refractivity contribution in [2.75, 3.05) is 31.6 Å². The lowest BCUT2D eigenvalue weighted by atomic mass is 9.74. The van der Waals surface area contributed by atoms with Gasteiger partial charge in [0.05, 0.1) is 5.56 Å². The van der Waals surface area contributed by atoms with E-state index in [0.29, 0.717) is 11.0 Å². The molecule has 0 saturated carbocycles. The van der Waals surface area contributed by atoms with Crippen LogP contribution in [0.4, 0.5) is 5.69 Å². The molecule has 0 aromatic heterocycles. The molecule has 0 radical (unpaired) electrons. The highest BCUT2D eigenvalue weighted by molar-refractivity contribution is 5.87. The van der Waals surface area contributed by atoms with Crippen LogP contribution in [0.15, 0.2) is 48.5 Å². The molecule has 1 N–H and O–H groups in total. The Bertz CT molecular complexity index is 777. The maximum Gasteiger partial charge on any atom is 0.335 e. The number of fused-ring (bicyclic) bond motifs is 2. The minimum Gasteiger partial charge on any atom is -0.478 e. The van der Waals surface area contributed by atoms with E-state index in [0.717, 1.165) is 26.2 Å². The summed E-state index contributed by atoms with van der Waals surface area (Å²) in [6.07, 6.45) is 2.36. The van der Waals surface area contributed by atoms with E-state index < -0.39 is 5.97 Å². The standard InChI is InChI=1S/C21H24N2O2/c1-22-15-21(18-4-2-3-5-19(18)22)10-12-23(13-11-21)14-16-6-8-17(9-7-16)20(24)25/h2-9H,10-15H2,1H3,(H,24,25). The Labute approximate surface area is 148 Å². The molecule has 4 rings (SSSR count). The first kappa shape index (κ1) is 16.2. The number of hydrogen-bond acceptors (Lipinski definition) is 3. The van der Waals surface area contributed by atoms with Gasteiger partial charge in [0.1, 0.15) is 0 Å². The summed E-state index contributed by atoms with van der Waals surface area (Å²) in [5.41, 5.74) is 4.75. The average Bonchev–Trinajstić information content (AvgIpc) is 2.90. The van der Waals surface area contributed by atoms with Gasteiger partial charge < -0.3 is 10.0 Å². The van der Waals surface area contributed by atoms with Gasteiger partial charge in [0.2, 0.25) is 0 Å². The van der Waals surface area contributed by atoms with Crippen LogP contribution in [0.5, 0.6) is 0 Å². The Morgan fingerprint density at radius 3 is 2.44 bits per heavy atom. The zero-order valence-electron chi connectivity index (χ0n) is 14.6. The molecule has 2 heterocycles. The monoisotopic (exact) mass is 336 g/mol. The normalized spacial score (nSPS) is 19.2. The van der Waals surface area contributed by atoms with E-state index in [1.807, 2.05) is 12.1 Å². The average molecular weight is 336 g/mol. The summed E-state index contributed by atoms with van der Waals surface area (Å²) in [6.45, 7) is 4.19. The van der Waals surface area contributed by atoms with Crippen molar-refractivity contribution in [3.05, 3.63) is 65.2 Å². The number of likely N-dealkylation sites (tertiary alicyclic amines) is 1. The molecule has 0 amide bonds. The van der Waals surface area contributed by atoms with Crippen LogP contribution in [0.3, 0.4) is 0 Å². The first-order valence-electron chi connectivity index (χ1n) is 8.93. The molecule has 0 aliphatic carbocycles. The lowest BCUT2D eigenvalue weighted by molar-refractivity contribution is 0.0697. The largest absolute Gasteiger partial charge is 0.478 e. The third-order valence-corrected chi connectivity index (χ3v) is 5.85. The molecule has 4 heteroatoms. The Balaban J connectivity index is 1.43. The fourth-order valence-corrected chi connectivity index (χ4v) is 4.46. The second-order valence-electron chi connectivity index (χ2n) is 7.43. The number of para-hydroxylation sites is 1. The number of likely N-dealkylation sites (N-methyl/N-ethyl adjacent to an activating group) is 1. The molecular formula is C21H24N2O2. The predicted octanol–water partition coefficient (Wildman–Crippen LogP) is 3.37. The summed E-state index contributed by atoms with van der Waals surface area (Å²) in [4.78, 5) is 15.8. The second kappa shape index (κ2) is 6.19. The zero-order chi connectivity index (χ0) is 17.4. The second-order valence-corrected chi connectivity index (χ2v) is 7.43. The van der Waals surface area contributed by atoms with E-state index in [2.05, 4.69) is 41.1 Å². The van der Waals surface area contributed by atoms with Crippen molar-refractivity contribution in [3.63, 3.8) is 0 Å². The van der Waals surface area contributed by atoms with Gasteiger partial charge in [-0.05, 0) is 55.3 Å². The highest BCUT2D eigenvalue weighted by Crippen LogP contribution is 2.46. The topological polar surface area (TPSA) is 43.8 Å². The molecule has 0 bridgehead atoms. The van der Waals surface area contributed by atoms with Crippen LogP contribution in [0.2, 0.25) is 0 Å². The van der Waals surface area contributed by atoms with Crippen molar-refractivity contribution in [2.45, 2.75) is 24.8 Å². The van der Waals surface area contributed by atoms with Crippen molar-refractivity contribution >= 4 is 11.7 Å². The molecule has 1 saturated heterocycles. The zero-order valence-corrected chi connectivity index (χ0v) is 14.6. The lowest BCUT2D eigenvalue weighted by Crippen LogP contribution is -2.44. The van der Waals surface area contributed by atoms with Gasteiger partial charge in [-0.3, -0.25) is 4.90 Å². The molecule has 2 aliphatic heterocycles. The van der Waals surface area contributed by atoms with Gasteiger partial charge in [-0.1, -0.05) is 30.3 Å². The summed E-state index contributed by atoms with van der Waals surface area (Å²) in [5.74, 6) is -0.865. The van der Waals surface area contributed by atoms with Crippen LogP contribution in [-0.2, 0) is 12.0 Å². The first-order chi connectivity index (χ1) is 12.1. The number of carboxylic acids is 1. The molecule has 1 fully saturated rings. The molecule has 2 aromatic rings. The number of aromatic carboxylic acids is 1. The summed E-state index contributed by atoms with van der Waals surface area (Å²) in [7, 11) is 2.20. The SMILES string of the molecule is CN1CC2(CCN(Cc3ccc(C(=O)O)cc3)CC2)c2ccccc21. The quantitative estimate of drug-likeness (QED) is 0.933. The van der Waals surface area contributed by atoms with E-state index in [1.54, 1.807) is 12.1 Å². The lowest BCUT2D eigenvalue weighted by Gasteiger charge is -2.40. The Hall–Kier alpha value is -2.33. The van der Waals surface area contributed by atoms with E-state index >= 15 is 0 Å². The minimum absolute atomic E-state index is 0.301. The molecule has 2 aliphatic rings. The summed E-state index contributed by atoms with van der Waals surface area (Å²) >= 11 is 0. The van der Waals surface area contributed by atoms with Crippen LogP contribution >= 0.6 is 0 Å². The number of piperidine rings is 1. The molecule has 2 aromatic carbocycles. The van der Waals surface area contributed by atoms with Gasteiger partial charge in [0.25, 0.3) is 0 Å². The summed E-state index contributed by atoms with van der Waals surface area (Å²) in [6, 6.07) is 16.1. The van der Waals surface area contributed by atoms with Gasteiger partial charge in [-0.2, -0.15) is 0 Å². The van der Waals surface area contributed by atoms with Crippen molar-refractivity contribution in [1.82, 2.24) is 4.90 Å². The summed E-state index contributed by atoms with van der Waals surface area (Å²) < 4.78 is 0.